The van der Waals surface area contributed by atoms with Crippen LogP contribution >= 0.6 is 11.6 Å². The van der Waals surface area contributed by atoms with Gasteiger partial charge in [-0.05, 0) is 74.7 Å². The molecule has 0 spiro atoms. The van der Waals surface area contributed by atoms with Crippen LogP contribution in [0, 0.1) is 12.7 Å². The lowest BCUT2D eigenvalue weighted by molar-refractivity contribution is -0.140. The highest BCUT2D eigenvalue weighted by atomic mass is 35.5. The summed E-state index contributed by atoms with van der Waals surface area (Å²) in [6.45, 7) is 6.84. The van der Waals surface area contributed by atoms with E-state index in [9.17, 15) is 22.4 Å². The molecule has 2 amide bonds. The largest absolute Gasteiger partial charge is 0.352 e. The van der Waals surface area contributed by atoms with Crippen molar-refractivity contribution in [1.82, 2.24) is 10.2 Å². The van der Waals surface area contributed by atoms with E-state index in [-0.39, 0.29) is 35.5 Å². The van der Waals surface area contributed by atoms with Crippen LogP contribution in [0.2, 0.25) is 5.02 Å². The Morgan fingerprint density at radius 3 is 2.20 bits per heavy atom. The zero-order valence-corrected chi connectivity index (χ0v) is 24.7. The Bertz CT molecular complexity index is 1420. The number of benzene rings is 3. The third kappa shape index (κ3) is 7.82. The summed E-state index contributed by atoms with van der Waals surface area (Å²) in [6.07, 6.45) is 0.989. The molecule has 0 aliphatic carbocycles. The molecule has 0 aliphatic heterocycles. The molecule has 0 aromatic heterocycles. The summed E-state index contributed by atoms with van der Waals surface area (Å²) in [6, 6.07) is 17.2. The average molecular weight is 588 g/mol. The third-order valence-electron chi connectivity index (χ3n) is 6.64. The molecule has 10 heteroatoms. The minimum Gasteiger partial charge on any atom is -0.352 e. The summed E-state index contributed by atoms with van der Waals surface area (Å²) < 4.78 is 42.3. The van der Waals surface area contributed by atoms with E-state index in [4.69, 9.17) is 11.6 Å². The number of carbonyl (C=O) groups is 2. The normalized spacial score (nSPS) is 12.8. The Morgan fingerprint density at radius 1 is 0.975 bits per heavy atom. The number of aryl methyl sites for hydroxylation is 1. The summed E-state index contributed by atoms with van der Waals surface area (Å²) in [5, 5.41) is 3.22. The lowest BCUT2D eigenvalue weighted by Gasteiger charge is -2.33. The minimum atomic E-state index is -4.19. The predicted molar refractivity (Wildman–Crippen MR) is 156 cm³/mol. The van der Waals surface area contributed by atoms with Gasteiger partial charge in [-0.15, -0.1) is 0 Å². The molecule has 0 unspecified atom stereocenters. The summed E-state index contributed by atoms with van der Waals surface area (Å²) in [5.41, 5.74) is 1.69. The topological polar surface area (TPSA) is 86.8 Å². The lowest BCUT2D eigenvalue weighted by atomic mass is 10.1. The van der Waals surface area contributed by atoms with Gasteiger partial charge in [0, 0.05) is 17.6 Å². The second-order valence-electron chi connectivity index (χ2n) is 9.69. The molecule has 3 aromatic rings. The van der Waals surface area contributed by atoms with Gasteiger partial charge in [0.05, 0.1) is 10.6 Å². The molecule has 0 aliphatic rings. The smallest absolute Gasteiger partial charge is 0.264 e. The molecule has 3 rings (SSSR count). The van der Waals surface area contributed by atoms with Gasteiger partial charge in [0.2, 0.25) is 11.8 Å². The van der Waals surface area contributed by atoms with Gasteiger partial charge in [0.15, 0.2) is 0 Å². The van der Waals surface area contributed by atoms with E-state index >= 15 is 0 Å². The van der Waals surface area contributed by atoms with Crippen LogP contribution in [-0.4, -0.2) is 43.8 Å². The first kappa shape index (κ1) is 31.1. The molecule has 40 heavy (non-hydrogen) atoms. The number of anilines is 1. The molecule has 0 heterocycles. The van der Waals surface area contributed by atoms with Gasteiger partial charge in [-0.3, -0.25) is 13.9 Å². The van der Waals surface area contributed by atoms with E-state index in [1.165, 1.54) is 47.4 Å². The van der Waals surface area contributed by atoms with Crippen LogP contribution in [0.5, 0.6) is 0 Å². The zero-order valence-electron chi connectivity index (χ0n) is 23.1. The van der Waals surface area contributed by atoms with Crippen LogP contribution in [0.3, 0.4) is 0 Å². The molecule has 0 radical (unpaired) electrons. The molecule has 3 aromatic carbocycles. The fraction of sp³-hybridized carbons (Fsp3) is 0.333. The third-order valence-corrected chi connectivity index (χ3v) is 8.66. The number of amides is 2. The van der Waals surface area contributed by atoms with Crippen LogP contribution in [0.4, 0.5) is 10.1 Å². The SMILES string of the molecule is CC[C@@H](C)NC(=O)[C@@H](CC)N(Cc1ccc(F)cc1)C(=O)CN(c1cccc(Cl)c1)S(=O)(=O)c1ccc(C)cc1. The molecular formula is C30H35ClFN3O4S. The standard InChI is InChI=1S/C30H35ClFN3O4S/c1-5-22(4)33-30(37)28(6-2)34(19-23-12-14-25(32)15-13-23)29(36)20-35(26-9-7-8-24(31)18-26)40(38,39)27-16-10-21(3)11-17-27/h7-18,22,28H,5-6,19-20H2,1-4H3,(H,33,37)/t22-,28-/m1/s1. The number of nitrogens with one attached hydrogen (secondary N) is 1. The summed E-state index contributed by atoms with van der Waals surface area (Å²) in [5.74, 6) is -1.37. The van der Waals surface area contributed by atoms with E-state index < -0.39 is 34.3 Å². The van der Waals surface area contributed by atoms with Crippen molar-refractivity contribution in [3.05, 3.63) is 94.8 Å². The monoisotopic (exact) mass is 587 g/mol. The summed E-state index contributed by atoms with van der Waals surface area (Å²) >= 11 is 6.20. The van der Waals surface area contributed by atoms with Gasteiger partial charge in [-0.1, -0.05) is 61.3 Å². The highest BCUT2D eigenvalue weighted by Crippen LogP contribution is 2.27. The van der Waals surface area contributed by atoms with Gasteiger partial charge < -0.3 is 10.2 Å². The first-order valence-electron chi connectivity index (χ1n) is 13.2. The second kappa shape index (κ2) is 13.8. The van der Waals surface area contributed by atoms with Crippen molar-refractivity contribution < 1.29 is 22.4 Å². The summed E-state index contributed by atoms with van der Waals surface area (Å²) in [4.78, 5) is 28.6. The van der Waals surface area contributed by atoms with Crippen LogP contribution in [0.1, 0.15) is 44.7 Å². The fourth-order valence-electron chi connectivity index (χ4n) is 4.14. The van der Waals surface area contributed by atoms with Crippen molar-refractivity contribution in [2.45, 2.75) is 64.1 Å². The molecule has 0 saturated carbocycles. The Hall–Kier alpha value is -3.43. The molecule has 1 N–H and O–H groups in total. The van der Waals surface area contributed by atoms with Crippen molar-refractivity contribution in [2.24, 2.45) is 0 Å². The zero-order chi connectivity index (χ0) is 29.4. The van der Waals surface area contributed by atoms with Crippen LogP contribution in [0.25, 0.3) is 0 Å². The number of sulfonamides is 1. The van der Waals surface area contributed by atoms with Crippen LogP contribution in [-0.2, 0) is 26.2 Å². The van der Waals surface area contributed by atoms with Crippen molar-refractivity contribution in [1.29, 1.82) is 0 Å². The molecule has 7 nitrogen and oxygen atoms in total. The number of hydrogen-bond acceptors (Lipinski definition) is 4. The van der Waals surface area contributed by atoms with Crippen molar-refractivity contribution in [3.8, 4) is 0 Å². The van der Waals surface area contributed by atoms with Gasteiger partial charge in [-0.25, -0.2) is 12.8 Å². The number of hydrogen-bond donors (Lipinski definition) is 1. The van der Waals surface area contributed by atoms with Crippen molar-refractivity contribution in [3.63, 3.8) is 0 Å². The van der Waals surface area contributed by atoms with Crippen molar-refractivity contribution in [2.75, 3.05) is 10.8 Å². The Labute approximate surface area is 241 Å². The quantitative estimate of drug-likeness (QED) is 0.294. The van der Waals surface area contributed by atoms with Crippen LogP contribution < -0.4 is 9.62 Å². The van der Waals surface area contributed by atoms with Gasteiger partial charge in [-0.2, -0.15) is 0 Å². The molecule has 0 bridgehead atoms. The number of halogens is 2. The minimum absolute atomic E-state index is 0.0116. The molecule has 0 saturated heterocycles. The van der Waals surface area contributed by atoms with E-state index in [2.05, 4.69) is 5.32 Å². The molecule has 2 atom stereocenters. The number of rotatable bonds is 12. The lowest BCUT2D eigenvalue weighted by Crippen LogP contribution is -2.53. The predicted octanol–water partition coefficient (Wildman–Crippen LogP) is 5.70. The second-order valence-corrected chi connectivity index (χ2v) is 12.0. The first-order chi connectivity index (χ1) is 19.0. The van der Waals surface area contributed by atoms with Crippen LogP contribution in [0.15, 0.2) is 77.7 Å². The number of carbonyl (C=O) groups excluding carboxylic acids is 2. The van der Waals surface area contributed by atoms with E-state index in [0.717, 1.165) is 9.87 Å². The van der Waals surface area contributed by atoms with E-state index in [1.807, 2.05) is 20.8 Å². The maximum Gasteiger partial charge on any atom is 0.264 e. The highest BCUT2D eigenvalue weighted by molar-refractivity contribution is 7.92. The first-order valence-corrected chi connectivity index (χ1v) is 15.0. The maximum absolute atomic E-state index is 14.0. The number of nitrogens with zero attached hydrogens (tertiary/aromatic N) is 2. The molecule has 214 valence electrons. The van der Waals surface area contributed by atoms with Gasteiger partial charge in [0.1, 0.15) is 18.4 Å². The Balaban J connectivity index is 2.05. The highest BCUT2D eigenvalue weighted by Gasteiger charge is 2.34. The molecular weight excluding hydrogens is 553 g/mol. The fourth-order valence-corrected chi connectivity index (χ4v) is 5.74. The maximum atomic E-state index is 14.0. The Kier molecular flexibility index (Phi) is 10.7. The van der Waals surface area contributed by atoms with Gasteiger partial charge in [0.25, 0.3) is 10.0 Å². The van der Waals surface area contributed by atoms with Crippen molar-refractivity contribution >= 4 is 39.1 Å². The summed E-state index contributed by atoms with van der Waals surface area (Å²) in [7, 11) is -4.19. The van der Waals surface area contributed by atoms with Gasteiger partial charge >= 0.3 is 0 Å². The van der Waals surface area contributed by atoms with E-state index in [0.29, 0.717) is 17.0 Å². The Morgan fingerprint density at radius 2 is 1.62 bits per heavy atom. The average Bonchev–Trinajstić information content (AvgIpc) is 2.92. The molecule has 0 fully saturated rings. The van der Waals surface area contributed by atoms with E-state index in [1.54, 1.807) is 37.3 Å².